The highest BCUT2D eigenvalue weighted by molar-refractivity contribution is 6.00. The van der Waals surface area contributed by atoms with E-state index in [1.165, 1.54) is 5.56 Å². The zero-order chi connectivity index (χ0) is 17.7. The first-order chi connectivity index (χ1) is 11.3. The number of methoxy groups -OCH3 is 2. The normalized spacial score (nSPS) is 10.9. The van der Waals surface area contributed by atoms with Gasteiger partial charge in [0.25, 0.3) is 0 Å². The van der Waals surface area contributed by atoms with Gasteiger partial charge in [-0.05, 0) is 35.2 Å². The first-order valence-corrected chi connectivity index (χ1v) is 7.74. The smallest absolute Gasteiger partial charge is 0.323 e. The van der Waals surface area contributed by atoms with E-state index >= 15 is 0 Å². The predicted octanol–water partition coefficient (Wildman–Crippen LogP) is 4.65. The second-order valence-corrected chi connectivity index (χ2v) is 6.47. The average molecular weight is 328 g/mol. The van der Waals surface area contributed by atoms with E-state index in [-0.39, 0.29) is 11.4 Å². The first kappa shape index (κ1) is 17.7. The number of rotatable bonds is 4. The van der Waals surface area contributed by atoms with Crippen LogP contribution in [0, 0.1) is 0 Å². The van der Waals surface area contributed by atoms with Crippen LogP contribution in [0.2, 0.25) is 0 Å². The Labute approximate surface area is 143 Å². The largest absolute Gasteiger partial charge is 0.497 e. The molecule has 5 heteroatoms. The van der Waals surface area contributed by atoms with Crippen molar-refractivity contribution in [2.45, 2.75) is 26.2 Å². The minimum absolute atomic E-state index is 0.0806. The van der Waals surface area contributed by atoms with Crippen LogP contribution >= 0.6 is 0 Å². The molecule has 0 aliphatic rings. The summed E-state index contributed by atoms with van der Waals surface area (Å²) in [5.74, 6) is 1.20. The average Bonchev–Trinajstić information content (AvgIpc) is 2.54. The van der Waals surface area contributed by atoms with Gasteiger partial charge in [-0.2, -0.15) is 0 Å². The van der Waals surface area contributed by atoms with E-state index in [0.29, 0.717) is 17.2 Å². The van der Waals surface area contributed by atoms with Crippen LogP contribution in [-0.4, -0.2) is 20.3 Å². The fourth-order valence-corrected chi connectivity index (χ4v) is 2.24. The maximum atomic E-state index is 12.2. The van der Waals surface area contributed by atoms with Crippen molar-refractivity contribution in [2.24, 2.45) is 0 Å². The molecule has 2 amide bonds. The summed E-state index contributed by atoms with van der Waals surface area (Å²) in [5, 5.41) is 5.59. The van der Waals surface area contributed by atoms with Gasteiger partial charge in [-0.25, -0.2) is 4.79 Å². The third-order valence-electron chi connectivity index (χ3n) is 3.67. The van der Waals surface area contributed by atoms with Crippen molar-refractivity contribution in [2.75, 3.05) is 24.9 Å². The van der Waals surface area contributed by atoms with E-state index < -0.39 is 0 Å². The molecule has 0 aliphatic carbocycles. The van der Waals surface area contributed by atoms with Crippen LogP contribution in [-0.2, 0) is 5.41 Å². The number of benzene rings is 2. The molecule has 0 aliphatic heterocycles. The van der Waals surface area contributed by atoms with Gasteiger partial charge in [0.2, 0.25) is 0 Å². The van der Waals surface area contributed by atoms with Crippen LogP contribution in [0.1, 0.15) is 26.3 Å². The predicted molar refractivity (Wildman–Crippen MR) is 97.3 cm³/mol. The third-order valence-corrected chi connectivity index (χ3v) is 3.67. The maximum absolute atomic E-state index is 12.2. The van der Waals surface area contributed by atoms with Crippen LogP contribution in [0.4, 0.5) is 16.2 Å². The number of hydrogen-bond donors (Lipinski definition) is 2. The van der Waals surface area contributed by atoms with Crippen molar-refractivity contribution in [3.05, 3.63) is 48.0 Å². The Morgan fingerprint density at radius 3 is 2.12 bits per heavy atom. The molecule has 2 aromatic carbocycles. The first-order valence-electron chi connectivity index (χ1n) is 7.74. The van der Waals surface area contributed by atoms with Crippen LogP contribution < -0.4 is 20.1 Å². The molecule has 5 nitrogen and oxygen atoms in total. The fraction of sp³-hybridized carbons (Fsp3) is 0.316. The zero-order valence-corrected chi connectivity index (χ0v) is 14.8. The Hall–Kier alpha value is -2.69. The van der Waals surface area contributed by atoms with Crippen molar-refractivity contribution in [3.8, 4) is 11.5 Å². The number of hydrogen-bond acceptors (Lipinski definition) is 3. The number of anilines is 2. The Morgan fingerprint density at radius 2 is 1.58 bits per heavy atom. The van der Waals surface area contributed by atoms with Gasteiger partial charge in [0.05, 0.1) is 19.9 Å². The number of amides is 2. The Balaban J connectivity index is 2.06. The van der Waals surface area contributed by atoms with Gasteiger partial charge < -0.3 is 20.1 Å². The van der Waals surface area contributed by atoms with Gasteiger partial charge in [0, 0.05) is 11.8 Å². The topological polar surface area (TPSA) is 59.6 Å². The Kier molecular flexibility index (Phi) is 5.34. The summed E-state index contributed by atoms with van der Waals surface area (Å²) in [6, 6.07) is 12.7. The second kappa shape index (κ2) is 7.25. The molecule has 0 atom stereocenters. The Bertz CT molecular complexity index is 704. The summed E-state index contributed by atoms with van der Waals surface area (Å²) in [6.07, 6.45) is 0. The minimum atomic E-state index is -0.332. The molecule has 0 saturated carbocycles. The van der Waals surface area contributed by atoms with Crippen LogP contribution in [0.5, 0.6) is 11.5 Å². The molecule has 0 bridgehead atoms. The highest BCUT2D eigenvalue weighted by Gasteiger charge is 2.13. The van der Waals surface area contributed by atoms with Gasteiger partial charge in [-0.15, -0.1) is 0 Å². The quantitative estimate of drug-likeness (QED) is 0.859. The summed E-state index contributed by atoms with van der Waals surface area (Å²) in [4.78, 5) is 12.2. The van der Waals surface area contributed by atoms with Crippen LogP contribution in [0.15, 0.2) is 42.5 Å². The number of carbonyl (C=O) groups excluding carboxylic acids is 1. The van der Waals surface area contributed by atoms with E-state index in [9.17, 15) is 4.79 Å². The van der Waals surface area contributed by atoms with E-state index in [0.717, 1.165) is 5.69 Å². The summed E-state index contributed by atoms with van der Waals surface area (Å²) in [7, 11) is 3.12. The summed E-state index contributed by atoms with van der Waals surface area (Å²) in [6.45, 7) is 6.45. The molecular formula is C19H24N2O3. The molecule has 0 fully saturated rings. The lowest BCUT2D eigenvalue weighted by molar-refractivity contribution is 0.262. The van der Waals surface area contributed by atoms with Crippen molar-refractivity contribution < 1.29 is 14.3 Å². The van der Waals surface area contributed by atoms with Crippen molar-refractivity contribution in [1.82, 2.24) is 0 Å². The molecule has 0 unspecified atom stereocenters. The molecule has 128 valence electrons. The lowest BCUT2D eigenvalue weighted by Crippen LogP contribution is -2.20. The molecule has 0 aromatic heterocycles. The van der Waals surface area contributed by atoms with E-state index in [1.54, 1.807) is 32.4 Å². The van der Waals surface area contributed by atoms with Gasteiger partial charge in [0.1, 0.15) is 11.5 Å². The van der Waals surface area contributed by atoms with Crippen LogP contribution in [0.25, 0.3) is 0 Å². The highest BCUT2D eigenvalue weighted by Crippen LogP contribution is 2.29. The molecule has 0 heterocycles. The molecule has 2 aromatic rings. The van der Waals surface area contributed by atoms with Crippen molar-refractivity contribution in [1.29, 1.82) is 0 Å². The lowest BCUT2D eigenvalue weighted by atomic mass is 9.87. The number of urea groups is 1. The fourth-order valence-electron chi connectivity index (χ4n) is 2.24. The van der Waals surface area contributed by atoms with E-state index in [2.05, 4.69) is 31.4 Å². The van der Waals surface area contributed by atoms with Gasteiger partial charge in [0.15, 0.2) is 0 Å². The maximum Gasteiger partial charge on any atom is 0.323 e. The minimum Gasteiger partial charge on any atom is -0.497 e. The molecule has 2 rings (SSSR count). The number of carbonyl (C=O) groups is 1. The number of nitrogens with one attached hydrogen (secondary N) is 2. The molecule has 24 heavy (non-hydrogen) atoms. The van der Waals surface area contributed by atoms with Crippen molar-refractivity contribution in [3.63, 3.8) is 0 Å². The van der Waals surface area contributed by atoms with Gasteiger partial charge in [-0.1, -0.05) is 32.9 Å². The third kappa shape index (κ3) is 4.41. The molecule has 2 N–H and O–H groups in total. The molecule has 0 saturated heterocycles. The molecule has 0 spiro atoms. The lowest BCUT2D eigenvalue weighted by Gasteiger charge is -2.19. The summed E-state index contributed by atoms with van der Waals surface area (Å²) in [5.41, 5.74) is 2.59. The van der Waals surface area contributed by atoms with Gasteiger partial charge >= 0.3 is 6.03 Å². The summed E-state index contributed by atoms with van der Waals surface area (Å²) < 4.78 is 10.4. The van der Waals surface area contributed by atoms with Crippen LogP contribution in [0.3, 0.4) is 0 Å². The SMILES string of the molecule is COc1ccc(NC(=O)Nc2ccc(C(C)(C)C)cc2)c(OC)c1. The highest BCUT2D eigenvalue weighted by atomic mass is 16.5. The molecular weight excluding hydrogens is 304 g/mol. The zero-order valence-electron chi connectivity index (χ0n) is 14.8. The molecule has 0 radical (unpaired) electrons. The number of ether oxygens (including phenoxy) is 2. The monoisotopic (exact) mass is 328 g/mol. The Morgan fingerprint density at radius 1 is 0.917 bits per heavy atom. The standard InChI is InChI=1S/C19H24N2O3/c1-19(2,3)13-6-8-14(9-7-13)20-18(22)21-16-11-10-15(23-4)12-17(16)24-5/h6-12H,1-5H3,(H2,20,21,22). The van der Waals surface area contributed by atoms with Gasteiger partial charge in [-0.3, -0.25) is 0 Å². The summed E-state index contributed by atoms with van der Waals surface area (Å²) >= 11 is 0. The van der Waals surface area contributed by atoms with E-state index in [4.69, 9.17) is 9.47 Å². The second-order valence-electron chi connectivity index (χ2n) is 6.47. The van der Waals surface area contributed by atoms with E-state index in [1.807, 2.05) is 24.3 Å². The van der Waals surface area contributed by atoms with Crippen molar-refractivity contribution >= 4 is 17.4 Å².